The van der Waals surface area contributed by atoms with Crippen LogP contribution in [0.3, 0.4) is 0 Å². The number of ether oxygens (including phenoxy) is 1. The van der Waals surface area contributed by atoms with Crippen LogP contribution in [0.5, 0.6) is 0 Å². The van der Waals surface area contributed by atoms with Gasteiger partial charge >= 0.3 is 12.1 Å². The van der Waals surface area contributed by atoms with Gasteiger partial charge in [0, 0.05) is 6.42 Å². The Hall–Kier alpha value is -2.89. The van der Waals surface area contributed by atoms with E-state index in [4.69, 9.17) is 4.74 Å². The number of carbonyl (C=O) groups is 2. The number of rotatable bonds is 5. The lowest BCUT2D eigenvalue weighted by Crippen LogP contribution is -2.44. The first-order valence-electron chi connectivity index (χ1n) is 8.21. The fourth-order valence-corrected chi connectivity index (χ4v) is 2.39. The van der Waals surface area contributed by atoms with E-state index in [9.17, 15) is 19.1 Å². The van der Waals surface area contributed by atoms with E-state index in [1.165, 1.54) is 12.1 Å². The van der Waals surface area contributed by atoms with Crippen LogP contribution in [-0.4, -0.2) is 28.8 Å². The molecule has 2 rings (SSSR count). The summed E-state index contributed by atoms with van der Waals surface area (Å²) < 4.78 is 18.4. The van der Waals surface area contributed by atoms with Crippen LogP contribution >= 0.6 is 0 Å². The maximum Gasteiger partial charge on any atom is 0.408 e. The molecule has 0 spiro atoms. The van der Waals surface area contributed by atoms with Gasteiger partial charge in [0.05, 0.1) is 0 Å². The highest BCUT2D eigenvalue weighted by Gasteiger charge is 2.24. The number of benzene rings is 2. The summed E-state index contributed by atoms with van der Waals surface area (Å²) in [5.41, 5.74) is 1.58. The predicted molar refractivity (Wildman–Crippen MR) is 96.3 cm³/mol. The highest BCUT2D eigenvalue weighted by atomic mass is 19.1. The summed E-state index contributed by atoms with van der Waals surface area (Å²) in [6.07, 6.45) is -0.667. The average molecular weight is 359 g/mol. The number of hydrogen-bond donors (Lipinski definition) is 2. The third-order valence-corrected chi connectivity index (χ3v) is 3.54. The van der Waals surface area contributed by atoms with Gasteiger partial charge < -0.3 is 15.2 Å². The molecule has 0 aliphatic heterocycles. The fourth-order valence-electron chi connectivity index (χ4n) is 2.39. The lowest BCUT2D eigenvalue weighted by atomic mass is 10.0. The molecular weight excluding hydrogens is 337 g/mol. The van der Waals surface area contributed by atoms with E-state index < -0.39 is 23.7 Å². The van der Waals surface area contributed by atoms with Gasteiger partial charge in [0.2, 0.25) is 0 Å². The first-order valence-corrected chi connectivity index (χ1v) is 8.21. The maximum atomic E-state index is 13.3. The molecule has 0 aliphatic rings. The molecule has 0 unspecified atom stereocenters. The lowest BCUT2D eigenvalue weighted by molar-refractivity contribution is -0.139. The number of amides is 1. The summed E-state index contributed by atoms with van der Waals surface area (Å²) in [7, 11) is 0. The minimum atomic E-state index is -1.15. The summed E-state index contributed by atoms with van der Waals surface area (Å²) in [5.74, 6) is -1.47. The van der Waals surface area contributed by atoms with Crippen molar-refractivity contribution < 1.29 is 23.8 Å². The minimum absolute atomic E-state index is 0.109. The van der Waals surface area contributed by atoms with Gasteiger partial charge in [0.25, 0.3) is 0 Å². The van der Waals surface area contributed by atoms with Crippen molar-refractivity contribution in [2.75, 3.05) is 0 Å². The van der Waals surface area contributed by atoms with Gasteiger partial charge in [-0.15, -0.1) is 0 Å². The van der Waals surface area contributed by atoms with Crippen LogP contribution in [0.15, 0.2) is 48.5 Å². The number of nitrogens with one attached hydrogen (secondary N) is 1. The molecule has 0 aliphatic carbocycles. The predicted octanol–water partition coefficient (Wildman–Crippen LogP) is 4.01. The number of carboxylic acid groups (broad SMARTS) is 1. The zero-order chi connectivity index (χ0) is 19.3. The van der Waals surface area contributed by atoms with Crippen molar-refractivity contribution in [3.05, 3.63) is 59.9 Å². The third kappa shape index (κ3) is 5.88. The smallest absolute Gasteiger partial charge is 0.408 e. The molecule has 0 heterocycles. The van der Waals surface area contributed by atoms with E-state index in [-0.39, 0.29) is 12.2 Å². The van der Waals surface area contributed by atoms with Gasteiger partial charge in [-0.25, -0.2) is 14.0 Å². The molecule has 138 valence electrons. The SMILES string of the molecule is CC(C)(C)OC(=O)N[C@H](Cc1ccc(-c2cccc(F)c2)cc1)C(=O)O. The molecule has 1 atom stereocenters. The minimum Gasteiger partial charge on any atom is -0.480 e. The van der Waals surface area contributed by atoms with Gasteiger partial charge in [-0.2, -0.15) is 0 Å². The highest BCUT2D eigenvalue weighted by Crippen LogP contribution is 2.21. The molecule has 2 aromatic rings. The van der Waals surface area contributed by atoms with Gasteiger partial charge in [-0.1, -0.05) is 36.4 Å². The van der Waals surface area contributed by atoms with Gasteiger partial charge in [0.1, 0.15) is 17.5 Å². The summed E-state index contributed by atoms with van der Waals surface area (Å²) in [6, 6.07) is 12.2. The molecular formula is C20H22FNO4. The second-order valence-electron chi connectivity index (χ2n) is 6.95. The van der Waals surface area contributed by atoms with Crippen LogP contribution in [0.1, 0.15) is 26.3 Å². The number of aliphatic carboxylic acids is 1. The van der Waals surface area contributed by atoms with Gasteiger partial charge in [-0.3, -0.25) is 0 Å². The highest BCUT2D eigenvalue weighted by molar-refractivity contribution is 5.80. The van der Waals surface area contributed by atoms with Crippen molar-refractivity contribution in [3.8, 4) is 11.1 Å². The standard InChI is InChI=1S/C20H22FNO4/c1-20(2,3)26-19(25)22-17(18(23)24)11-13-7-9-14(10-8-13)15-5-4-6-16(21)12-15/h4-10,12,17H,11H2,1-3H3,(H,22,25)(H,23,24)/t17-/m1/s1. The second kappa shape index (κ2) is 7.99. The van der Waals surface area contributed by atoms with Crippen LogP contribution in [-0.2, 0) is 16.0 Å². The Morgan fingerprint density at radius 1 is 1.12 bits per heavy atom. The van der Waals surface area contributed by atoms with Crippen LogP contribution in [0, 0.1) is 5.82 Å². The monoisotopic (exact) mass is 359 g/mol. The van der Waals surface area contributed by atoms with Crippen LogP contribution < -0.4 is 5.32 Å². The topological polar surface area (TPSA) is 75.6 Å². The van der Waals surface area contributed by atoms with E-state index in [1.807, 2.05) is 0 Å². The zero-order valence-electron chi connectivity index (χ0n) is 15.0. The molecule has 0 saturated carbocycles. The summed E-state index contributed by atoms with van der Waals surface area (Å²) in [6.45, 7) is 5.11. The van der Waals surface area contributed by atoms with Crippen molar-refractivity contribution in [3.63, 3.8) is 0 Å². The molecule has 26 heavy (non-hydrogen) atoms. The van der Waals surface area contributed by atoms with Crippen molar-refractivity contribution in [2.24, 2.45) is 0 Å². The molecule has 0 fully saturated rings. The van der Waals surface area contributed by atoms with Gasteiger partial charge in [0.15, 0.2) is 0 Å². The number of halogens is 1. The summed E-state index contributed by atoms with van der Waals surface area (Å²) in [5, 5.41) is 11.7. The molecule has 1 amide bonds. The first kappa shape index (κ1) is 19.4. The quantitative estimate of drug-likeness (QED) is 0.846. The number of alkyl carbamates (subject to hydrolysis) is 1. The Balaban J connectivity index is 2.07. The lowest BCUT2D eigenvalue weighted by Gasteiger charge is -2.22. The van der Waals surface area contributed by atoms with E-state index >= 15 is 0 Å². The number of carbonyl (C=O) groups excluding carboxylic acids is 1. The van der Waals surface area contributed by atoms with E-state index in [0.29, 0.717) is 0 Å². The molecule has 0 radical (unpaired) electrons. The molecule has 6 heteroatoms. The Bertz CT molecular complexity index is 781. The molecule has 5 nitrogen and oxygen atoms in total. The number of carboxylic acids is 1. The first-order chi connectivity index (χ1) is 12.1. The Labute approximate surface area is 151 Å². The van der Waals surface area contributed by atoms with Crippen molar-refractivity contribution in [1.82, 2.24) is 5.32 Å². The second-order valence-corrected chi connectivity index (χ2v) is 6.95. The number of hydrogen-bond acceptors (Lipinski definition) is 3. The van der Waals surface area contributed by atoms with Crippen LogP contribution in [0.4, 0.5) is 9.18 Å². The Morgan fingerprint density at radius 2 is 1.77 bits per heavy atom. The summed E-state index contributed by atoms with van der Waals surface area (Å²) in [4.78, 5) is 23.2. The van der Waals surface area contributed by atoms with E-state index in [1.54, 1.807) is 57.2 Å². The van der Waals surface area contributed by atoms with Crippen molar-refractivity contribution >= 4 is 12.1 Å². The third-order valence-electron chi connectivity index (χ3n) is 3.54. The van der Waals surface area contributed by atoms with E-state index in [0.717, 1.165) is 16.7 Å². The van der Waals surface area contributed by atoms with Crippen molar-refractivity contribution in [1.29, 1.82) is 0 Å². The molecule has 2 N–H and O–H groups in total. The molecule has 0 saturated heterocycles. The Kier molecular flexibility index (Phi) is 5.97. The van der Waals surface area contributed by atoms with E-state index in [2.05, 4.69) is 5.32 Å². The summed E-state index contributed by atoms with van der Waals surface area (Å²) >= 11 is 0. The Morgan fingerprint density at radius 3 is 2.31 bits per heavy atom. The molecule has 2 aromatic carbocycles. The normalized spacial score (nSPS) is 12.3. The average Bonchev–Trinajstić information content (AvgIpc) is 2.53. The molecule has 0 aromatic heterocycles. The van der Waals surface area contributed by atoms with Gasteiger partial charge in [-0.05, 0) is 49.6 Å². The zero-order valence-corrected chi connectivity index (χ0v) is 15.0. The van der Waals surface area contributed by atoms with Crippen molar-refractivity contribution in [2.45, 2.75) is 38.8 Å². The largest absolute Gasteiger partial charge is 0.480 e. The molecule has 0 bridgehead atoms. The maximum absolute atomic E-state index is 13.3. The van der Waals surface area contributed by atoms with Crippen LogP contribution in [0.25, 0.3) is 11.1 Å². The van der Waals surface area contributed by atoms with Crippen LogP contribution in [0.2, 0.25) is 0 Å². The fraction of sp³-hybridized carbons (Fsp3) is 0.300.